The average molecular weight is 411 g/mol. The molecule has 0 aliphatic carbocycles. The van der Waals surface area contributed by atoms with Crippen molar-refractivity contribution in [2.75, 3.05) is 32.7 Å². The van der Waals surface area contributed by atoms with Crippen molar-refractivity contribution < 1.29 is 27.5 Å². The number of sulfonamides is 1. The molecule has 4 rings (SSSR count). The Kier molecular flexibility index (Phi) is 4.67. The number of carboxylic acids is 1. The van der Waals surface area contributed by atoms with E-state index in [9.17, 15) is 27.5 Å². The van der Waals surface area contributed by atoms with E-state index in [1.54, 1.807) is 0 Å². The third kappa shape index (κ3) is 2.90. The predicted molar refractivity (Wildman–Crippen MR) is 96.3 cm³/mol. The Labute approximate surface area is 162 Å². The molecule has 1 aromatic rings. The Balaban J connectivity index is 1.56. The van der Waals surface area contributed by atoms with Crippen LogP contribution in [-0.2, 0) is 19.6 Å². The largest absolute Gasteiger partial charge is 0.481 e. The first-order valence-electron chi connectivity index (χ1n) is 9.26. The summed E-state index contributed by atoms with van der Waals surface area (Å²) in [6, 6.07) is 3.68. The molecule has 3 aliphatic heterocycles. The first-order chi connectivity index (χ1) is 13.3. The number of nitrogens with zero attached hydrogens (tertiary/aromatic N) is 2. The van der Waals surface area contributed by atoms with Crippen LogP contribution in [0.25, 0.3) is 0 Å². The fraction of sp³-hybridized carbons (Fsp3) is 0.556. The Morgan fingerprint density at radius 3 is 2.61 bits per heavy atom. The lowest BCUT2D eigenvalue weighted by atomic mass is 9.81. The van der Waals surface area contributed by atoms with Crippen molar-refractivity contribution in [1.82, 2.24) is 14.5 Å². The van der Waals surface area contributed by atoms with E-state index in [2.05, 4.69) is 5.32 Å². The highest BCUT2D eigenvalue weighted by atomic mass is 32.2. The fourth-order valence-corrected chi connectivity index (χ4v) is 6.27. The molecule has 0 saturated carbocycles. The molecule has 10 heteroatoms. The molecule has 0 bridgehead atoms. The van der Waals surface area contributed by atoms with E-state index in [4.69, 9.17) is 0 Å². The van der Waals surface area contributed by atoms with E-state index in [1.807, 2.05) is 0 Å². The molecule has 1 amide bonds. The monoisotopic (exact) mass is 411 g/mol. The Morgan fingerprint density at radius 1 is 1.25 bits per heavy atom. The van der Waals surface area contributed by atoms with E-state index in [1.165, 1.54) is 21.3 Å². The Morgan fingerprint density at radius 2 is 1.96 bits per heavy atom. The molecule has 3 heterocycles. The van der Waals surface area contributed by atoms with Crippen LogP contribution in [0.1, 0.15) is 12.8 Å². The van der Waals surface area contributed by atoms with Gasteiger partial charge >= 0.3 is 5.97 Å². The van der Waals surface area contributed by atoms with E-state index in [0.717, 1.165) is 12.1 Å². The second-order valence-corrected chi connectivity index (χ2v) is 9.63. The highest BCUT2D eigenvalue weighted by Crippen LogP contribution is 2.40. The van der Waals surface area contributed by atoms with E-state index < -0.39 is 33.3 Å². The van der Waals surface area contributed by atoms with Crippen LogP contribution in [0.3, 0.4) is 0 Å². The molecule has 1 unspecified atom stereocenters. The molecule has 152 valence electrons. The van der Waals surface area contributed by atoms with Gasteiger partial charge in [-0.25, -0.2) is 12.8 Å². The van der Waals surface area contributed by atoms with Crippen LogP contribution in [-0.4, -0.2) is 73.4 Å². The van der Waals surface area contributed by atoms with Crippen LogP contribution >= 0.6 is 0 Å². The number of fused-ring (bicyclic) bond motifs is 1. The Hall–Kier alpha value is -2.04. The first-order valence-corrected chi connectivity index (χ1v) is 10.7. The van der Waals surface area contributed by atoms with Gasteiger partial charge in [0.25, 0.3) is 0 Å². The maximum absolute atomic E-state index is 13.2. The number of benzene rings is 1. The molecule has 0 radical (unpaired) electrons. The molecule has 0 spiro atoms. The third-order valence-electron chi connectivity index (χ3n) is 6.17. The number of rotatable bonds is 4. The summed E-state index contributed by atoms with van der Waals surface area (Å²) in [5.41, 5.74) is -1.01. The highest BCUT2D eigenvalue weighted by molar-refractivity contribution is 7.89. The van der Waals surface area contributed by atoms with Crippen molar-refractivity contribution >= 4 is 21.9 Å². The number of nitrogens with one attached hydrogen (secondary N) is 1. The zero-order chi connectivity index (χ0) is 20.1. The number of aliphatic carboxylic acids is 1. The molecule has 3 aliphatic rings. The van der Waals surface area contributed by atoms with E-state index in [0.29, 0.717) is 32.5 Å². The highest BCUT2D eigenvalue weighted by Gasteiger charge is 2.57. The smallest absolute Gasteiger partial charge is 0.313 e. The summed E-state index contributed by atoms with van der Waals surface area (Å²) >= 11 is 0. The standard InChI is InChI=1S/C18H22FN3O5S/c19-13-3-5-14(6-4-13)28(26,27)22-7-1-2-15(22)16(23)21-9-12-8-20-10-18(12,11-21)17(24)25/h3-6,12,15,20H,1-2,7-11H2,(H,24,25)/t12-,15?,18-/m0/s1. The number of carboxylic acid groups (broad SMARTS) is 1. The van der Waals surface area contributed by atoms with Crippen molar-refractivity contribution in [3.05, 3.63) is 30.1 Å². The number of likely N-dealkylation sites (tertiary alicyclic amines) is 1. The molecule has 8 nitrogen and oxygen atoms in total. The maximum atomic E-state index is 13.2. The van der Waals surface area contributed by atoms with Gasteiger partial charge in [-0.2, -0.15) is 4.31 Å². The molecule has 3 fully saturated rings. The van der Waals surface area contributed by atoms with Crippen molar-refractivity contribution in [3.8, 4) is 0 Å². The number of amides is 1. The van der Waals surface area contributed by atoms with Crippen LogP contribution in [0.5, 0.6) is 0 Å². The summed E-state index contributed by atoms with van der Waals surface area (Å²) in [6.07, 6.45) is 0.929. The lowest BCUT2D eigenvalue weighted by Crippen LogP contribution is -2.48. The molecule has 1 aromatic carbocycles. The lowest BCUT2D eigenvalue weighted by molar-refractivity contribution is -0.148. The van der Waals surface area contributed by atoms with Gasteiger partial charge in [-0.3, -0.25) is 9.59 Å². The number of hydrogen-bond donors (Lipinski definition) is 2. The third-order valence-corrected chi connectivity index (χ3v) is 8.10. The summed E-state index contributed by atoms with van der Waals surface area (Å²) < 4.78 is 40.3. The average Bonchev–Trinajstić information content (AvgIpc) is 3.35. The minimum atomic E-state index is -3.94. The first kappa shape index (κ1) is 19.3. The minimum absolute atomic E-state index is 0.0573. The summed E-state index contributed by atoms with van der Waals surface area (Å²) in [7, 11) is -3.94. The van der Waals surface area contributed by atoms with Gasteiger partial charge in [-0.05, 0) is 37.1 Å². The SMILES string of the molecule is O=C(C1CCCN1S(=O)(=O)c1ccc(F)cc1)N1C[C@@H]2CNC[C@]2(C(=O)O)C1. The quantitative estimate of drug-likeness (QED) is 0.729. The van der Waals surface area contributed by atoms with Gasteiger partial charge in [-0.15, -0.1) is 0 Å². The second-order valence-electron chi connectivity index (χ2n) is 7.74. The fourth-order valence-electron chi connectivity index (χ4n) is 4.62. The van der Waals surface area contributed by atoms with Crippen molar-refractivity contribution in [3.63, 3.8) is 0 Å². The molecule has 3 atom stereocenters. The van der Waals surface area contributed by atoms with Crippen molar-refractivity contribution in [1.29, 1.82) is 0 Å². The number of halogens is 1. The van der Waals surface area contributed by atoms with E-state index >= 15 is 0 Å². The maximum Gasteiger partial charge on any atom is 0.313 e. The van der Waals surface area contributed by atoms with Crippen molar-refractivity contribution in [2.45, 2.75) is 23.8 Å². The molecule has 0 aromatic heterocycles. The number of hydrogen-bond acceptors (Lipinski definition) is 5. The van der Waals surface area contributed by atoms with Gasteiger partial charge in [0.2, 0.25) is 15.9 Å². The summed E-state index contributed by atoms with van der Waals surface area (Å²) in [4.78, 5) is 26.4. The molecular formula is C18H22FN3O5S. The van der Waals surface area contributed by atoms with Gasteiger partial charge in [0, 0.05) is 38.6 Å². The summed E-state index contributed by atoms with van der Waals surface area (Å²) in [5.74, 6) is -2.00. The Bertz CT molecular complexity index is 906. The predicted octanol–water partition coefficient (Wildman–Crippen LogP) is 0.111. The van der Waals surface area contributed by atoms with Crippen LogP contribution in [0.4, 0.5) is 4.39 Å². The zero-order valence-corrected chi connectivity index (χ0v) is 16.0. The summed E-state index contributed by atoms with van der Waals surface area (Å²) in [5, 5.41) is 12.8. The normalized spacial score (nSPS) is 30.5. The van der Waals surface area contributed by atoms with Crippen LogP contribution in [0, 0.1) is 17.2 Å². The van der Waals surface area contributed by atoms with Crippen LogP contribution in [0.2, 0.25) is 0 Å². The van der Waals surface area contributed by atoms with E-state index in [-0.39, 0.29) is 29.8 Å². The molecule has 28 heavy (non-hydrogen) atoms. The van der Waals surface area contributed by atoms with Gasteiger partial charge < -0.3 is 15.3 Å². The van der Waals surface area contributed by atoms with Crippen LogP contribution in [0.15, 0.2) is 29.2 Å². The van der Waals surface area contributed by atoms with Gasteiger partial charge in [0.15, 0.2) is 0 Å². The molecule has 3 saturated heterocycles. The van der Waals surface area contributed by atoms with Gasteiger partial charge in [0.1, 0.15) is 17.3 Å². The molecular weight excluding hydrogens is 389 g/mol. The van der Waals surface area contributed by atoms with Crippen LogP contribution < -0.4 is 5.32 Å². The van der Waals surface area contributed by atoms with Gasteiger partial charge in [0.05, 0.1) is 4.90 Å². The number of carbonyl (C=O) groups is 2. The number of carbonyl (C=O) groups excluding carboxylic acids is 1. The summed E-state index contributed by atoms with van der Waals surface area (Å²) in [6.45, 7) is 1.43. The topological polar surface area (TPSA) is 107 Å². The zero-order valence-electron chi connectivity index (χ0n) is 15.2. The van der Waals surface area contributed by atoms with Gasteiger partial charge in [-0.1, -0.05) is 0 Å². The lowest BCUT2D eigenvalue weighted by Gasteiger charge is -2.28. The molecule has 2 N–H and O–H groups in total. The second kappa shape index (κ2) is 6.78. The minimum Gasteiger partial charge on any atom is -0.481 e. The van der Waals surface area contributed by atoms with Crippen molar-refractivity contribution in [2.24, 2.45) is 11.3 Å².